The molecule has 0 bridgehead atoms. The molecule has 4 nitrogen and oxygen atoms in total. The predicted molar refractivity (Wildman–Crippen MR) is 104 cm³/mol. The summed E-state index contributed by atoms with van der Waals surface area (Å²) in [6.07, 6.45) is 2.04. The maximum Gasteiger partial charge on any atom is 0.226 e. The predicted octanol–water partition coefficient (Wildman–Crippen LogP) is 5.26. The summed E-state index contributed by atoms with van der Waals surface area (Å²) in [5.74, 6) is 1.15. The number of fused-ring (bicyclic) bond motifs is 3. The largest absolute Gasteiger partial charge is 0.316 e. The van der Waals surface area contributed by atoms with Gasteiger partial charge in [-0.2, -0.15) is 9.97 Å². The average molecular weight is 357 g/mol. The zero-order valence-corrected chi connectivity index (χ0v) is 14.4. The summed E-state index contributed by atoms with van der Waals surface area (Å²) in [5.41, 5.74) is 4.01. The third-order valence-corrected chi connectivity index (χ3v) is 4.58. The first-order valence-electron chi connectivity index (χ1n) is 8.26. The Labute approximate surface area is 154 Å². The Morgan fingerprint density at radius 2 is 1.35 bits per heavy atom. The van der Waals surface area contributed by atoms with Crippen LogP contribution >= 0.6 is 11.6 Å². The van der Waals surface area contributed by atoms with Gasteiger partial charge >= 0.3 is 0 Å². The number of hydrogen-bond acceptors (Lipinski definition) is 3. The zero-order chi connectivity index (χ0) is 17.5. The van der Waals surface area contributed by atoms with Crippen molar-refractivity contribution in [1.82, 2.24) is 19.4 Å². The number of pyridine rings is 1. The fourth-order valence-corrected chi connectivity index (χ4v) is 3.46. The average Bonchev–Trinajstić information content (AvgIpc) is 3.03. The smallest absolute Gasteiger partial charge is 0.226 e. The summed E-state index contributed by atoms with van der Waals surface area (Å²) in [7, 11) is 0. The highest BCUT2D eigenvalue weighted by Crippen LogP contribution is 2.34. The molecular weight excluding hydrogens is 344 g/mol. The van der Waals surface area contributed by atoms with Gasteiger partial charge in [-0.15, -0.1) is 0 Å². The molecule has 0 N–H and O–H groups in total. The fraction of sp³-hybridized carbons (Fsp3) is 0. The van der Waals surface area contributed by atoms with Gasteiger partial charge in [0.2, 0.25) is 5.28 Å². The normalized spacial score (nSPS) is 11.3. The van der Waals surface area contributed by atoms with Crippen molar-refractivity contribution in [3.05, 3.63) is 84.3 Å². The van der Waals surface area contributed by atoms with Gasteiger partial charge in [0.25, 0.3) is 0 Å². The van der Waals surface area contributed by atoms with E-state index in [4.69, 9.17) is 16.6 Å². The van der Waals surface area contributed by atoms with E-state index in [9.17, 15) is 0 Å². The van der Waals surface area contributed by atoms with Crippen LogP contribution in [0.2, 0.25) is 5.28 Å². The van der Waals surface area contributed by atoms with Crippen molar-refractivity contribution >= 4 is 28.0 Å². The first kappa shape index (κ1) is 15.0. The Hall–Kier alpha value is -3.24. The van der Waals surface area contributed by atoms with E-state index in [0.29, 0.717) is 11.6 Å². The van der Waals surface area contributed by atoms with Crippen LogP contribution < -0.4 is 0 Å². The summed E-state index contributed by atoms with van der Waals surface area (Å²) < 4.78 is 2.14. The molecule has 2 aromatic carbocycles. The van der Waals surface area contributed by atoms with E-state index in [1.807, 2.05) is 60.8 Å². The van der Waals surface area contributed by atoms with Crippen molar-refractivity contribution in [1.29, 1.82) is 0 Å². The van der Waals surface area contributed by atoms with Crippen molar-refractivity contribution in [3.63, 3.8) is 0 Å². The highest BCUT2D eigenvalue weighted by Gasteiger charge is 2.17. The Bertz CT molecular complexity index is 1190. The maximum absolute atomic E-state index is 6.25. The van der Waals surface area contributed by atoms with Crippen LogP contribution in [0.4, 0.5) is 0 Å². The molecule has 0 atom stereocenters. The second-order valence-electron chi connectivity index (χ2n) is 5.97. The molecule has 3 heterocycles. The number of para-hydroxylation sites is 1. The second-order valence-corrected chi connectivity index (χ2v) is 6.30. The third kappa shape index (κ3) is 2.35. The topological polar surface area (TPSA) is 43.1 Å². The molecule has 0 saturated carbocycles. The van der Waals surface area contributed by atoms with Gasteiger partial charge in [-0.3, -0.25) is 0 Å². The van der Waals surface area contributed by atoms with Crippen molar-refractivity contribution in [2.24, 2.45) is 0 Å². The summed E-state index contributed by atoms with van der Waals surface area (Å²) in [6.45, 7) is 0. The number of nitrogens with zero attached hydrogens (tertiary/aromatic N) is 4. The standard InChI is InChI=1S/C21H13ClN4/c22-21-24-19(14-8-2-1-3-9-14)23-20(25-21)18-15-10-4-5-11-16(15)26-13-7-6-12-17(18)26/h1-13H. The van der Waals surface area contributed by atoms with E-state index in [2.05, 4.69) is 32.6 Å². The Balaban J connectivity index is 1.84. The molecule has 5 aromatic rings. The quantitative estimate of drug-likeness (QED) is 0.433. The molecule has 0 spiro atoms. The summed E-state index contributed by atoms with van der Waals surface area (Å²) in [5, 5.41) is 1.27. The van der Waals surface area contributed by atoms with Gasteiger partial charge in [-0.25, -0.2) is 4.98 Å². The third-order valence-electron chi connectivity index (χ3n) is 4.41. The minimum absolute atomic E-state index is 0.188. The van der Waals surface area contributed by atoms with Gasteiger partial charge in [0, 0.05) is 17.1 Å². The van der Waals surface area contributed by atoms with Crippen LogP contribution in [0.3, 0.4) is 0 Å². The van der Waals surface area contributed by atoms with E-state index in [1.165, 1.54) is 0 Å². The van der Waals surface area contributed by atoms with Gasteiger partial charge in [-0.1, -0.05) is 54.6 Å². The molecule has 0 aliphatic rings. The zero-order valence-electron chi connectivity index (χ0n) is 13.7. The van der Waals surface area contributed by atoms with Crippen LogP contribution in [0.15, 0.2) is 79.0 Å². The SMILES string of the molecule is Clc1nc(-c2ccccc2)nc(-c2c3ccccc3n3ccccc23)n1. The van der Waals surface area contributed by atoms with Gasteiger partial charge in [0.1, 0.15) is 0 Å². The number of rotatable bonds is 2. The van der Waals surface area contributed by atoms with Crippen molar-refractivity contribution in [3.8, 4) is 22.8 Å². The van der Waals surface area contributed by atoms with Crippen molar-refractivity contribution in [2.45, 2.75) is 0 Å². The molecule has 3 aromatic heterocycles. The highest BCUT2D eigenvalue weighted by atomic mass is 35.5. The Morgan fingerprint density at radius 1 is 0.654 bits per heavy atom. The van der Waals surface area contributed by atoms with Gasteiger partial charge in [-0.05, 0) is 29.8 Å². The van der Waals surface area contributed by atoms with Crippen LogP contribution in [0.25, 0.3) is 39.2 Å². The van der Waals surface area contributed by atoms with Gasteiger partial charge in [0.15, 0.2) is 11.6 Å². The number of hydrogen-bond donors (Lipinski definition) is 0. The summed E-state index contributed by atoms with van der Waals surface area (Å²) >= 11 is 6.25. The lowest BCUT2D eigenvalue weighted by atomic mass is 10.1. The number of benzene rings is 2. The molecule has 0 radical (unpaired) electrons. The van der Waals surface area contributed by atoms with Crippen LogP contribution in [-0.4, -0.2) is 19.4 Å². The Morgan fingerprint density at radius 3 is 2.23 bits per heavy atom. The van der Waals surface area contributed by atoms with E-state index in [0.717, 1.165) is 27.5 Å². The van der Waals surface area contributed by atoms with Gasteiger partial charge < -0.3 is 4.40 Å². The van der Waals surface area contributed by atoms with Gasteiger partial charge in [0.05, 0.1) is 16.6 Å². The van der Waals surface area contributed by atoms with Crippen LogP contribution in [0.1, 0.15) is 0 Å². The van der Waals surface area contributed by atoms with E-state index < -0.39 is 0 Å². The van der Waals surface area contributed by atoms with Crippen molar-refractivity contribution < 1.29 is 0 Å². The fourth-order valence-electron chi connectivity index (χ4n) is 3.30. The molecule has 0 amide bonds. The molecule has 0 aliphatic heterocycles. The first-order valence-corrected chi connectivity index (χ1v) is 8.64. The minimum Gasteiger partial charge on any atom is -0.316 e. The van der Waals surface area contributed by atoms with E-state index >= 15 is 0 Å². The van der Waals surface area contributed by atoms with Crippen LogP contribution in [-0.2, 0) is 0 Å². The van der Waals surface area contributed by atoms with E-state index in [1.54, 1.807) is 0 Å². The van der Waals surface area contributed by atoms with Crippen LogP contribution in [0, 0.1) is 0 Å². The molecule has 26 heavy (non-hydrogen) atoms. The molecule has 0 aliphatic carbocycles. The highest BCUT2D eigenvalue weighted by molar-refractivity contribution is 6.28. The second kappa shape index (κ2) is 5.93. The number of aromatic nitrogens is 4. The molecule has 0 fully saturated rings. The molecular formula is C21H13ClN4. The molecule has 5 heteroatoms. The van der Waals surface area contributed by atoms with Crippen molar-refractivity contribution in [2.75, 3.05) is 0 Å². The minimum atomic E-state index is 0.188. The molecule has 5 rings (SSSR count). The van der Waals surface area contributed by atoms with E-state index in [-0.39, 0.29) is 5.28 Å². The maximum atomic E-state index is 6.25. The lowest BCUT2D eigenvalue weighted by Gasteiger charge is -2.05. The monoisotopic (exact) mass is 356 g/mol. The molecule has 124 valence electrons. The Kier molecular flexibility index (Phi) is 3.43. The number of halogens is 1. The lowest BCUT2D eigenvalue weighted by Crippen LogP contribution is -1.97. The summed E-state index contributed by atoms with van der Waals surface area (Å²) in [4.78, 5) is 13.5. The summed E-state index contributed by atoms with van der Waals surface area (Å²) in [6, 6.07) is 24.1. The van der Waals surface area contributed by atoms with Crippen LogP contribution in [0.5, 0.6) is 0 Å². The molecule has 0 saturated heterocycles. The first-order chi connectivity index (χ1) is 12.8. The lowest BCUT2D eigenvalue weighted by molar-refractivity contribution is 1.07. The molecule has 0 unspecified atom stereocenters.